The van der Waals surface area contributed by atoms with Crippen molar-refractivity contribution in [2.45, 2.75) is 44.9 Å². The van der Waals surface area contributed by atoms with E-state index in [1.165, 1.54) is 0 Å². The summed E-state index contributed by atoms with van der Waals surface area (Å²) in [6.07, 6.45) is -5.13. The first-order valence-electron chi connectivity index (χ1n) is 5.96. The number of hydrogen-bond donors (Lipinski definition) is 1. The number of carbonyl (C=O) groups excluding carboxylic acids is 1. The van der Waals surface area contributed by atoms with Crippen molar-refractivity contribution >= 4 is 12.1 Å². The molecule has 1 aromatic rings. The molecule has 0 saturated heterocycles. The number of carboxylic acid groups (broad SMARTS) is 1. The van der Waals surface area contributed by atoms with Gasteiger partial charge in [0.05, 0.1) is 12.1 Å². The third-order valence-corrected chi connectivity index (χ3v) is 2.34. The molecule has 0 aliphatic rings. The number of hydrogen-bond acceptors (Lipinski definition) is 4. The van der Waals surface area contributed by atoms with E-state index in [1.54, 1.807) is 20.8 Å². The van der Waals surface area contributed by atoms with Crippen LogP contribution < -0.4 is 0 Å². The quantitative estimate of drug-likeness (QED) is 0.928. The predicted molar refractivity (Wildman–Crippen MR) is 64.9 cm³/mol. The second-order valence-corrected chi connectivity index (χ2v) is 5.38. The fraction of sp³-hybridized carbons (Fsp3) is 0.583. The monoisotopic (exact) mass is 308 g/mol. The summed E-state index contributed by atoms with van der Waals surface area (Å²) in [5, 5.41) is 8.55. The maximum atomic E-state index is 12.8. The number of carbonyl (C=O) groups is 2. The van der Waals surface area contributed by atoms with Crippen molar-refractivity contribution in [2.75, 3.05) is 0 Å². The average Bonchev–Trinajstić information content (AvgIpc) is 2.70. The van der Waals surface area contributed by atoms with Crippen LogP contribution in [0, 0.1) is 0 Å². The van der Waals surface area contributed by atoms with E-state index in [1.807, 2.05) is 0 Å². The van der Waals surface area contributed by atoms with Gasteiger partial charge in [0.15, 0.2) is 0 Å². The molecule has 0 radical (unpaired) electrons. The van der Waals surface area contributed by atoms with Gasteiger partial charge in [-0.05, 0) is 20.8 Å². The molecule has 1 heterocycles. The highest BCUT2D eigenvalue weighted by Gasteiger charge is 2.43. The fourth-order valence-corrected chi connectivity index (χ4v) is 1.50. The van der Waals surface area contributed by atoms with Crippen LogP contribution in [0.5, 0.6) is 0 Å². The molecule has 0 fully saturated rings. The van der Waals surface area contributed by atoms with Gasteiger partial charge in [-0.2, -0.15) is 13.2 Å². The zero-order chi connectivity index (χ0) is 16.4. The van der Waals surface area contributed by atoms with E-state index in [9.17, 15) is 22.8 Å². The van der Waals surface area contributed by atoms with Crippen molar-refractivity contribution in [3.8, 4) is 0 Å². The standard InChI is InChI=1S/C12H15F3N2O4/c1-11(2,3)21-10(20)17-5-8(16-6-17)7(4-9(18)19)12(13,14)15/h5-7H,4H2,1-3H3,(H,18,19). The lowest BCUT2D eigenvalue weighted by atomic mass is 10.0. The molecule has 1 atom stereocenters. The van der Waals surface area contributed by atoms with E-state index in [0.717, 1.165) is 17.1 Å². The molecule has 0 aromatic carbocycles. The Kier molecular flexibility index (Phi) is 4.65. The van der Waals surface area contributed by atoms with Crippen LogP contribution in [0.15, 0.2) is 12.5 Å². The van der Waals surface area contributed by atoms with Crippen molar-refractivity contribution in [3.63, 3.8) is 0 Å². The number of aromatic nitrogens is 2. The first kappa shape index (κ1) is 17.0. The molecule has 0 aliphatic carbocycles. The predicted octanol–water partition coefficient (Wildman–Crippen LogP) is 2.79. The highest BCUT2D eigenvalue weighted by Crippen LogP contribution is 2.36. The zero-order valence-electron chi connectivity index (χ0n) is 11.6. The number of imidazole rings is 1. The largest absolute Gasteiger partial charge is 0.481 e. The van der Waals surface area contributed by atoms with Crippen molar-refractivity contribution in [1.82, 2.24) is 9.55 Å². The molecule has 0 spiro atoms. The average molecular weight is 308 g/mol. The number of nitrogens with zero attached hydrogens (tertiary/aromatic N) is 2. The Bertz CT molecular complexity index is 531. The fourth-order valence-electron chi connectivity index (χ4n) is 1.50. The van der Waals surface area contributed by atoms with Crippen molar-refractivity contribution < 1.29 is 32.6 Å². The lowest BCUT2D eigenvalue weighted by Gasteiger charge is -2.19. The highest BCUT2D eigenvalue weighted by atomic mass is 19.4. The van der Waals surface area contributed by atoms with E-state index in [4.69, 9.17) is 9.84 Å². The van der Waals surface area contributed by atoms with Crippen LogP contribution in [0.4, 0.5) is 18.0 Å². The number of rotatable bonds is 3. The SMILES string of the molecule is CC(C)(C)OC(=O)n1cnc(C(CC(=O)O)C(F)(F)F)c1. The van der Waals surface area contributed by atoms with E-state index >= 15 is 0 Å². The van der Waals surface area contributed by atoms with Gasteiger partial charge >= 0.3 is 18.2 Å². The second kappa shape index (κ2) is 5.74. The Morgan fingerprint density at radius 3 is 2.38 bits per heavy atom. The maximum Gasteiger partial charge on any atom is 0.419 e. The summed E-state index contributed by atoms with van der Waals surface area (Å²) in [5.74, 6) is -3.89. The van der Waals surface area contributed by atoms with Crippen molar-refractivity contribution in [1.29, 1.82) is 0 Å². The lowest BCUT2D eigenvalue weighted by molar-refractivity contribution is -0.163. The smallest absolute Gasteiger partial charge is 0.419 e. The second-order valence-electron chi connectivity index (χ2n) is 5.38. The number of ether oxygens (including phenoxy) is 1. The third kappa shape index (κ3) is 5.09. The minimum atomic E-state index is -4.77. The molecule has 0 aliphatic heterocycles. The van der Waals surface area contributed by atoms with Crippen LogP contribution in [-0.4, -0.2) is 38.5 Å². The van der Waals surface area contributed by atoms with Crippen LogP contribution >= 0.6 is 0 Å². The lowest BCUT2D eigenvalue weighted by Crippen LogP contribution is -2.27. The zero-order valence-corrected chi connectivity index (χ0v) is 11.6. The van der Waals surface area contributed by atoms with Crippen molar-refractivity contribution in [3.05, 3.63) is 18.2 Å². The summed E-state index contributed by atoms with van der Waals surface area (Å²) < 4.78 is 44.2. The van der Waals surface area contributed by atoms with Gasteiger partial charge in [-0.15, -0.1) is 0 Å². The molecule has 6 nitrogen and oxygen atoms in total. The number of alkyl halides is 3. The van der Waals surface area contributed by atoms with Crippen LogP contribution in [0.3, 0.4) is 0 Å². The Balaban J connectivity index is 2.99. The van der Waals surface area contributed by atoms with Gasteiger partial charge in [0.2, 0.25) is 0 Å². The first-order valence-corrected chi connectivity index (χ1v) is 5.96. The minimum absolute atomic E-state index is 0.546. The number of aliphatic carboxylic acids is 1. The first-order chi connectivity index (χ1) is 9.40. The van der Waals surface area contributed by atoms with Gasteiger partial charge in [0, 0.05) is 6.20 Å². The van der Waals surface area contributed by atoms with Gasteiger partial charge < -0.3 is 9.84 Å². The maximum absolute atomic E-state index is 12.8. The van der Waals surface area contributed by atoms with Crippen LogP contribution in [0.25, 0.3) is 0 Å². The molecule has 1 aromatic heterocycles. The van der Waals surface area contributed by atoms with E-state index < -0.39 is 41.9 Å². The van der Waals surface area contributed by atoms with Crippen LogP contribution in [0.2, 0.25) is 0 Å². The highest BCUT2D eigenvalue weighted by molar-refractivity contribution is 5.71. The Hall–Kier alpha value is -2.06. The number of carboxylic acids is 1. The summed E-state index contributed by atoms with van der Waals surface area (Å²) >= 11 is 0. The Morgan fingerprint density at radius 2 is 1.95 bits per heavy atom. The molecule has 1 N–H and O–H groups in total. The topological polar surface area (TPSA) is 81.4 Å². The number of halogens is 3. The molecule has 118 valence electrons. The normalized spacial score (nSPS) is 13.8. The molecule has 9 heteroatoms. The molecule has 0 bridgehead atoms. The molecule has 1 rings (SSSR count). The third-order valence-electron chi connectivity index (χ3n) is 2.34. The van der Waals surface area contributed by atoms with Gasteiger partial charge in [0.25, 0.3) is 0 Å². The Morgan fingerprint density at radius 1 is 1.38 bits per heavy atom. The molecule has 1 unspecified atom stereocenters. The van der Waals surface area contributed by atoms with E-state index in [0.29, 0.717) is 0 Å². The van der Waals surface area contributed by atoms with Crippen LogP contribution in [-0.2, 0) is 9.53 Å². The summed E-state index contributed by atoms with van der Waals surface area (Å²) in [7, 11) is 0. The Labute approximate surface area is 118 Å². The van der Waals surface area contributed by atoms with Crippen molar-refractivity contribution in [2.24, 2.45) is 0 Å². The summed E-state index contributed by atoms with van der Waals surface area (Å²) in [6, 6.07) is 0. The van der Waals surface area contributed by atoms with Crippen LogP contribution in [0.1, 0.15) is 38.8 Å². The summed E-state index contributed by atoms with van der Waals surface area (Å²) in [5.41, 5.74) is -1.36. The summed E-state index contributed by atoms with van der Waals surface area (Å²) in [6.45, 7) is 4.81. The molecule has 21 heavy (non-hydrogen) atoms. The summed E-state index contributed by atoms with van der Waals surface area (Å²) in [4.78, 5) is 25.7. The molecule has 0 amide bonds. The molecular formula is C12H15F3N2O4. The van der Waals surface area contributed by atoms with Gasteiger partial charge in [0.1, 0.15) is 17.8 Å². The van der Waals surface area contributed by atoms with E-state index in [2.05, 4.69) is 4.98 Å². The van der Waals surface area contributed by atoms with Gasteiger partial charge in [-0.3, -0.25) is 4.79 Å². The van der Waals surface area contributed by atoms with Gasteiger partial charge in [-0.1, -0.05) is 0 Å². The van der Waals surface area contributed by atoms with E-state index in [-0.39, 0.29) is 0 Å². The van der Waals surface area contributed by atoms with Gasteiger partial charge in [-0.25, -0.2) is 14.3 Å². The minimum Gasteiger partial charge on any atom is -0.481 e. The molecule has 0 saturated carbocycles. The molecular weight excluding hydrogens is 293 g/mol.